The molecule has 0 N–H and O–H groups in total. The SMILES string of the molecule is ClCCN(CCCl)c1ccc(N=Nc2ccc(Cl)cc2Cl)cc1. The molecule has 0 aromatic heterocycles. The van der Waals surface area contributed by atoms with Crippen LogP contribution in [0.4, 0.5) is 17.1 Å². The quantitative estimate of drug-likeness (QED) is 0.382. The molecule has 2 aromatic rings. The van der Waals surface area contributed by atoms with E-state index in [0.29, 0.717) is 27.5 Å². The van der Waals surface area contributed by atoms with E-state index in [4.69, 9.17) is 46.4 Å². The van der Waals surface area contributed by atoms with E-state index in [-0.39, 0.29) is 0 Å². The van der Waals surface area contributed by atoms with Crippen LogP contribution in [0, 0.1) is 0 Å². The minimum Gasteiger partial charge on any atom is -0.369 e. The second-order valence-corrected chi connectivity index (χ2v) is 6.28. The van der Waals surface area contributed by atoms with E-state index in [1.54, 1.807) is 18.2 Å². The maximum absolute atomic E-state index is 6.06. The number of hydrogen-bond acceptors (Lipinski definition) is 3. The zero-order valence-corrected chi connectivity index (χ0v) is 15.2. The molecule has 0 saturated carbocycles. The Morgan fingerprint density at radius 2 is 1.48 bits per heavy atom. The van der Waals surface area contributed by atoms with Gasteiger partial charge < -0.3 is 4.90 Å². The van der Waals surface area contributed by atoms with Gasteiger partial charge in [-0.25, -0.2) is 0 Å². The number of halogens is 4. The van der Waals surface area contributed by atoms with E-state index in [9.17, 15) is 0 Å². The summed E-state index contributed by atoms with van der Waals surface area (Å²) in [6.07, 6.45) is 0. The summed E-state index contributed by atoms with van der Waals surface area (Å²) in [6, 6.07) is 12.8. The van der Waals surface area contributed by atoms with Gasteiger partial charge in [-0.15, -0.1) is 28.3 Å². The van der Waals surface area contributed by atoms with Gasteiger partial charge in [-0.2, -0.15) is 5.11 Å². The highest BCUT2D eigenvalue weighted by Crippen LogP contribution is 2.29. The molecule has 7 heteroatoms. The van der Waals surface area contributed by atoms with Gasteiger partial charge in [0, 0.05) is 35.6 Å². The summed E-state index contributed by atoms with van der Waals surface area (Å²) in [4.78, 5) is 2.12. The van der Waals surface area contributed by atoms with Crippen LogP contribution in [0.5, 0.6) is 0 Å². The number of alkyl halides is 2. The number of azo groups is 1. The van der Waals surface area contributed by atoms with Crippen molar-refractivity contribution in [1.29, 1.82) is 0 Å². The van der Waals surface area contributed by atoms with Gasteiger partial charge in [-0.3, -0.25) is 0 Å². The van der Waals surface area contributed by atoms with E-state index >= 15 is 0 Å². The third-order valence-corrected chi connectivity index (χ3v) is 3.98. The predicted molar refractivity (Wildman–Crippen MR) is 101 cm³/mol. The lowest BCUT2D eigenvalue weighted by molar-refractivity contribution is 0.874. The first-order chi connectivity index (χ1) is 11.1. The van der Waals surface area contributed by atoms with Crippen LogP contribution in [0.1, 0.15) is 0 Å². The van der Waals surface area contributed by atoms with Crippen molar-refractivity contribution in [2.24, 2.45) is 10.2 Å². The molecule has 0 aliphatic carbocycles. The van der Waals surface area contributed by atoms with Crippen molar-refractivity contribution in [3.8, 4) is 0 Å². The van der Waals surface area contributed by atoms with Crippen LogP contribution in [0.25, 0.3) is 0 Å². The fourth-order valence-electron chi connectivity index (χ4n) is 1.98. The minimum atomic E-state index is 0.466. The number of rotatable bonds is 7. The van der Waals surface area contributed by atoms with Gasteiger partial charge in [0.15, 0.2) is 0 Å². The fraction of sp³-hybridized carbons (Fsp3) is 0.250. The molecule has 0 spiro atoms. The Kier molecular flexibility index (Phi) is 7.44. The maximum atomic E-state index is 6.06. The molecule has 0 amide bonds. The smallest absolute Gasteiger partial charge is 0.104 e. The predicted octanol–water partition coefficient (Wildman–Crippen LogP) is 6.69. The summed E-state index contributed by atoms with van der Waals surface area (Å²) >= 11 is 23.5. The van der Waals surface area contributed by atoms with Crippen molar-refractivity contribution in [3.05, 3.63) is 52.5 Å². The molecule has 23 heavy (non-hydrogen) atoms. The van der Waals surface area contributed by atoms with Crippen LogP contribution in [0.2, 0.25) is 10.0 Å². The molecule has 2 aromatic carbocycles. The molecular weight excluding hydrogens is 376 g/mol. The molecule has 0 heterocycles. The van der Waals surface area contributed by atoms with Gasteiger partial charge in [0.2, 0.25) is 0 Å². The summed E-state index contributed by atoms with van der Waals surface area (Å²) < 4.78 is 0. The Labute approximate surface area is 155 Å². The topological polar surface area (TPSA) is 28.0 Å². The van der Waals surface area contributed by atoms with Gasteiger partial charge in [-0.05, 0) is 42.5 Å². The highest BCUT2D eigenvalue weighted by atomic mass is 35.5. The normalized spacial score (nSPS) is 11.1. The summed E-state index contributed by atoms with van der Waals surface area (Å²) in [7, 11) is 0. The average Bonchev–Trinajstić information content (AvgIpc) is 2.54. The number of benzene rings is 2. The Morgan fingerprint density at radius 3 is 2.04 bits per heavy atom. The Bertz CT molecular complexity index is 653. The third-order valence-electron chi connectivity index (χ3n) is 3.11. The maximum Gasteiger partial charge on any atom is 0.104 e. The average molecular weight is 391 g/mol. The molecule has 0 unspecified atom stereocenters. The first-order valence-corrected chi connectivity index (χ1v) is 8.80. The second-order valence-electron chi connectivity index (χ2n) is 4.68. The molecule has 0 aliphatic heterocycles. The molecule has 0 aliphatic rings. The lowest BCUT2D eigenvalue weighted by Crippen LogP contribution is -2.27. The van der Waals surface area contributed by atoms with Crippen LogP contribution in [0.15, 0.2) is 52.7 Å². The summed E-state index contributed by atoms with van der Waals surface area (Å²) in [5, 5.41) is 9.36. The van der Waals surface area contributed by atoms with Gasteiger partial charge in [0.1, 0.15) is 5.69 Å². The van der Waals surface area contributed by atoms with Crippen LogP contribution in [-0.2, 0) is 0 Å². The molecule has 122 valence electrons. The van der Waals surface area contributed by atoms with E-state index in [2.05, 4.69) is 15.1 Å². The van der Waals surface area contributed by atoms with Crippen molar-refractivity contribution >= 4 is 63.5 Å². The standard InChI is InChI=1S/C16H15Cl4N3/c17-7-9-23(10-8-18)14-4-2-13(3-5-14)21-22-16-6-1-12(19)11-15(16)20/h1-6,11H,7-10H2. The van der Waals surface area contributed by atoms with Gasteiger partial charge >= 0.3 is 0 Å². The summed E-state index contributed by atoms with van der Waals surface area (Å²) in [5.74, 6) is 1.10. The van der Waals surface area contributed by atoms with Crippen molar-refractivity contribution in [1.82, 2.24) is 0 Å². The molecule has 0 saturated heterocycles. The molecule has 0 radical (unpaired) electrons. The minimum absolute atomic E-state index is 0.466. The zero-order chi connectivity index (χ0) is 16.7. The number of nitrogens with zero attached hydrogens (tertiary/aromatic N) is 3. The molecule has 2 rings (SSSR count). The molecule has 0 fully saturated rings. The molecule has 0 bridgehead atoms. The highest BCUT2D eigenvalue weighted by molar-refractivity contribution is 6.36. The van der Waals surface area contributed by atoms with Gasteiger partial charge in [0.05, 0.1) is 10.7 Å². The van der Waals surface area contributed by atoms with Crippen molar-refractivity contribution in [3.63, 3.8) is 0 Å². The first kappa shape index (κ1) is 18.3. The third kappa shape index (κ3) is 5.54. The van der Waals surface area contributed by atoms with E-state index in [1.165, 1.54) is 0 Å². The fourth-order valence-corrected chi connectivity index (χ4v) is 2.83. The Morgan fingerprint density at radius 1 is 0.826 bits per heavy atom. The largest absolute Gasteiger partial charge is 0.369 e. The number of hydrogen-bond donors (Lipinski definition) is 0. The van der Waals surface area contributed by atoms with Gasteiger partial charge in [0.25, 0.3) is 0 Å². The van der Waals surface area contributed by atoms with E-state index in [1.807, 2.05) is 24.3 Å². The van der Waals surface area contributed by atoms with E-state index < -0.39 is 0 Å². The van der Waals surface area contributed by atoms with Crippen LogP contribution < -0.4 is 4.90 Å². The van der Waals surface area contributed by atoms with Crippen molar-refractivity contribution < 1.29 is 0 Å². The first-order valence-electron chi connectivity index (χ1n) is 6.98. The Hall–Kier alpha value is -1.00. The Balaban J connectivity index is 2.11. The molecule has 3 nitrogen and oxygen atoms in total. The zero-order valence-electron chi connectivity index (χ0n) is 12.2. The van der Waals surface area contributed by atoms with E-state index in [0.717, 1.165) is 24.5 Å². The van der Waals surface area contributed by atoms with Crippen molar-refractivity contribution in [2.45, 2.75) is 0 Å². The van der Waals surface area contributed by atoms with Crippen LogP contribution >= 0.6 is 46.4 Å². The summed E-state index contributed by atoms with van der Waals surface area (Å²) in [6.45, 7) is 1.49. The van der Waals surface area contributed by atoms with Crippen LogP contribution in [0.3, 0.4) is 0 Å². The number of anilines is 1. The summed E-state index contributed by atoms with van der Waals surface area (Å²) in [5.41, 5.74) is 2.36. The monoisotopic (exact) mass is 389 g/mol. The molecule has 0 atom stereocenters. The second kappa shape index (κ2) is 9.33. The lowest BCUT2D eigenvalue weighted by Gasteiger charge is -2.22. The lowest BCUT2D eigenvalue weighted by atomic mass is 10.2. The van der Waals surface area contributed by atoms with Gasteiger partial charge in [-0.1, -0.05) is 23.2 Å². The molecular formula is C16H15Cl4N3. The highest BCUT2D eigenvalue weighted by Gasteiger charge is 2.05. The van der Waals surface area contributed by atoms with Crippen LogP contribution in [-0.4, -0.2) is 24.8 Å². The van der Waals surface area contributed by atoms with Crippen molar-refractivity contribution in [2.75, 3.05) is 29.7 Å².